The van der Waals surface area contributed by atoms with Crippen LogP contribution in [0, 0.1) is 0 Å². The predicted molar refractivity (Wildman–Crippen MR) is 59.0 cm³/mol. The molecule has 2 N–H and O–H groups in total. The van der Waals surface area contributed by atoms with Crippen molar-refractivity contribution < 1.29 is 0 Å². The molecule has 72 valence electrons. The van der Waals surface area contributed by atoms with Gasteiger partial charge in [-0.2, -0.15) is 0 Å². The minimum atomic E-state index is 0. The van der Waals surface area contributed by atoms with Crippen LogP contribution in [-0.2, 0) is 6.42 Å². The third kappa shape index (κ3) is 1.79. The largest absolute Gasteiger partial charge is 0.324 e. The van der Waals surface area contributed by atoms with Gasteiger partial charge in [0.15, 0.2) is 0 Å². The molecular weight excluding hydrogens is 228 g/mol. The molecule has 1 atom stereocenters. The van der Waals surface area contributed by atoms with Gasteiger partial charge < -0.3 is 5.73 Å². The molecule has 0 bridgehead atoms. The van der Waals surface area contributed by atoms with Gasteiger partial charge in [0.05, 0.1) is 10.0 Å². The number of halogens is 3. The third-order valence-electron chi connectivity index (χ3n) is 2.34. The van der Waals surface area contributed by atoms with Crippen molar-refractivity contribution in [2.75, 3.05) is 0 Å². The average Bonchev–Trinajstić information content (AvgIpc) is 2.41. The molecule has 2 rings (SSSR count). The summed E-state index contributed by atoms with van der Waals surface area (Å²) < 4.78 is 0. The Morgan fingerprint density at radius 3 is 2.69 bits per heavy atom. The summed E-state index contributed by atoms with van der Waals surface area (Å²) in [4.78, 5) is 0. The van der Waals surface area contributed by atoms with E-state index in [9.17, 15) is 0 Å². The smallest absolute Gasteiger partial charge is 0.0627 e. The van der Waals surface area contributed by atoms with Crippen molar-refractivity contribution in [3.63, 3.8) is 0 Å². The molecule has 1 aliphatic carbocycles. The van der Waals surface area contributed by atoms with Crippen LogP contribution in [0.1, 0.15) is 23.6 Å². The summed E-state index contributed by atoms with van der Waals surface area (Å²) in [5.41, 5.74) is 8.16. The summed E-state index contributed by atoms with van der Waals surface area (Å²) in [5, 5.41) is 1.31. The standard InChI is InChI=1S/C9H9Cl2N.ClH/c10-7-3-1-5-6(9(7)11)2-4-8(5)12;/h1,3,8H,2,4,12H2;1H. The fraction of sp³-hybridized carbons (Fsp3) is 0.333. The van der Waals surface area contributed by atoms with Gasteiger partial charge in [0.2, 0.25) is 0 Å². The number of fused-ring (bicyclic) bond motifs is 1. The molecule has 0 heterocycles. The van der Waals surface area contributed by atoms with E-state index < -0.39 is 0 Å². The maximum Gasteiger partial charge on any atom is 0.0627 e. The maximum atomic E-state index is 6.02. The van der Waals surface area contributed by atoms with E-state index in [1.807, 2.05) is 12.1 Å². The van der Waals surface area contributed by atoms with Gasteiger partial charge in [-0.15, -0.1) is 12.4 Å². The minimum Gasteiger partial charge on any atom is -0.324 e. The summed E-state index contributed by atoms with van der Waals surface area (Å²) in [6.07, 6.45) is 1.94. The first-order valence-corrected chi connectivity index (χ1v) is 4.68. The molecule has 1 nitrogen and oxygen atoms in total. The molecule has 1 aliphatic rings. The highest BCUT2D eigenvalue weighted by atomic mass is 35.5. The fourth-order valence-electron chi connectivity index (χ4n) is 1.66. The van der Waals surface area contributed by atoms with E-state index in [4.69, 9.17) is 28.9 Å². The summed E-state index contributed by atoms with van der Waals surface area (Å²) >= 11 is 11.9. The Morgan fingerprint density at radius 2 is 2.00 bits per heavy atom. The SMILES string of the molecule is Cl.NC1CCc2c1ccc(Cl)c2Cl. The number of benzene rings is 1. The molecule has 1 aromatic rings. The molecule has 0 aliphatic heterocycles. The van der Waals surface area contributed by atoms with E-state index in [0.29, 0.717) is 10.0 Å². The van der Waals surface area contributed by atoms with Gasteiger partial charge >= 0.3 is 0 Å². The third-order valence-corrected chi connectivity index (χ3v) is 3.18. The van der Waals surface area contributed by atoms with E-state index in [0.717, 1.165) is 24.0 Å². The van der Waals surface area contributed by atoms with Gasteiger partial charge in [0.25, 0.3) is 0 Å². The van der Waals surface area contributed by atoms with Crippen LogP contribution in [0.25, 0.3) is 0 Å². The van der Waals surface area contributed by atoms with Gasteiger partial charge in [-0.1, -0.05) is 29.3 Å². The molecule has 4 heteroatoms. The molecule has 0 aromatic heterocycles. The monoisotopic (exact) mass is 237 g/mol. The number of nitrogens with two attached hydrogens (primary N) is 1. The van der Waals surface area contributed by atoms with Gasteiger partial charge in [0.1, 0.15) is 0 Å². The molecule has 0 amide bonds. The topological polar surface area (TPSA) is 26.0 Å². The van der Waals surface area contributed by atoms with E-state index >= 15 is 0 Å². The fourth-order valence-corrected chi connectivity index (χ4v) is 2.11. The normalized spacial score (nSPS) is 19.5. The van der Waals surface area contributed by atoms with E-state index in [1.165, 1.54) is 0 Å². The zero-order chi connectivity index (χ0) is 8.72. The Labute approximate surface area is 93.6 Å². The number of hydrogen-bond donors (Lipinski definition) is 1. The van der Waals surface area contributed by atoms with Gasteiger partial charge in [0, 0.05) is 6.04 Å². The highest BCUT2D eigenvalue weighted by Gasteiger charge is 2.22. The average molecular weight is 239 g/mol. The first-order chi connectivity index (χ1) is 5.70. The lowest BCUT2D eigenvalue weighted by Gasteiger charge is -2.06. The highest BCUT2D eigenvalue weighted by Crippen LogP contribution is 2.37. The second-order valence-electron chi connectivity index (χ2n) is 3.07. The second kappa shape index (κ2) is 4.05. The summed E-state index contributed by atoms with van der Waals surface area (Å²) in [6, 6.07) is 3.93. The lowest BCUT2D eigenvalue weighted by Crippen LogP contribution is -2.04. The first-order valence-electron chi connectivity index (χ1n) is 3.92. The van der Waals surface area contributed by atoms with Crippen LogP contribution in [-0.4, -0.2) is 0 Å². The van der Waals surface area contributed by atoms with Gasteiger partial charge in [-0.25, -0.2) is 0 Å². The molecule has 1 unspecified atom stereocenters. The Morgan fingerprint density at radius 1 is 1.31 bits per heavy atom. The summed E-state index contributed by atoms with van der Waals surface area (Å²) in [5.74, 6) is 0. The second-order valence-corrected chi connectivity index (χ2v) is 3.86. The molecular formula is C9H10Cl3N. The zero-order valence-corrected chi connectivity index (χ0v) is 9.22. The quantitative estimate of drug-likeness (QED) is 0.737. The van der Waals surface area contributed by atoms with Crippen molar-refractivity contribution >= 4 is 35.6 Å². The van der Waals surface area contributed by atoms with Crippen LogP contribution in [0.5, 0.6) is 0 Å². The zero-order valence-electron chi connectivity index (χ0n) is 6.89. The molecule has 0 fully saturated rings. The molecule has 1 aromatic carbocycles. The Kier molecular flexibility index (Phi) is 3.47. The van der Waals surface area contributed by atoms with Gasteiger partial charge in [-0.3, -0.25) is 0 Å². The number of rotatable bonds is 0. The van der Waals surface area contributed by atoms with E-state index in [-0.39, 0.29) is 18.4 Å². The molecule has 0 saturated carbocycles. The van der Waals surface area contributed by atoms with E-state index in [1.54, 1.807) is 0 Å². The number of hydrogen-bond acceptors (Lipinski definition) is 1. The lowest BCUT2D eigenvalue weighted by atomic mass is 10.1. The van der Waals surface area contributed by atoms with Crippen LogP contribution in [0.2, 0.25) is 10.0 Å². The Bertz CT molecular complexity index is 325. The highest BCUT2D eigenvalue weighted by molar-refractivity contribution is 6.42. The first kappa shape index (κ1) is 11.1. The predicted octanol–water partition coefficient (Wildman–Crippen LogP) is 3.36. The summed E-state index contributed by atoms with van der Waals surface area (Å²) in [7, 11) is 0. The van der Waals surface area contributed by atoms with Crippen molar-refractivity contribution in [3.05, 3.63) is 33.3 Å². The Hall–Kier alpha value is 0.0500. The van der Waals surface area contributed by atoms with E-state index in [2.05, 4.69) is 0 Å². The maximum absolute atomic E-state index is 6.02. The molecule has 0 saturated heterocycles. The summed E-state index contributed by atoms with van der Waals surface area (Å²) in [6.45, 7) is 0. The Balaban J connectivity index is 0.000000845. The lowest BCUT2D eigenvalue weighted by molar-refractivity contribution is 0.713. The van der Waals surface area contributed by atoms with Crippen LogP contribution in [0.4, 0.5) is 0 Å². The molecule has 13 heavy (non-hydrogen) atoms. The van der Waals surface area contributed by atoms with Crippen molar-refractivity contribution in [1.29, 1.82) is 0 Å². The van der Waals surface area contributed by atoms with Crippen molar-refractivity contribution in [2.45, 2.75) is 18.9 Å². The molecule has 0 spiro atoms. The van der Waals surface area contributed by atoms with Crippen LogP contribution >= 0.6 is 35.6 Å². The minimum absolute atomic E-state index is 0. The van der Waals surface area contributed by atoms with Crippen LogP contribution < -0.4 is 5.73 Å². The van der Waals surface area contributed by atoms with Gasteiger partial charge in [-0.05, 0) is 30.0 Å². The van der Waals surface area contributed by atoms with Crippen molar-refractivity contribution in [2.24, 2.45) is 5.73 Å². The molecule has 0 radical (unpaired) electrons. The van der Waals surface area contributed by atoms with Crippen molar-refractivity contribution in [3.8, 4) is 0 Å². The van der Waals surface area contributed by atoms with Crippen LogP contribution in [0.3, 0.4) is 0 Å². The van der Waals surface area contributed by atoms with Crippen LogP contribution in [0.15, 0.2) is 12.1 Å². The van der Waals surface area contributed by atoms with Crippen molar-refractivity contribution in [1.82, 2.24) is 0 Å².